The highest BCUT2D eigenvalue weighted by Crippen LogP contribution is 2.23. The van der Waals surface area contributed by atoms with E-state index in [-0.39, 0.29) is 5.91 Å². The summed E-state index contributed by atoms with van der Waals surface area (Å²) in [4.78, 5) is 14.8. The maximum atomic E-state index is 12.8. The number of amides is 1. The molecule has 4 nitrogen and oxygen atoms in total. The largest absolute Gasteiger partial charge is 0.339 e. The Balaban J connectivity index is 1.79. The van der Waals surface area contributed by atoms with Crippen LogP contribution in [0.4, 0.5) is 0 Å². The molecule has 1 fully saturated rings. The van der Waals surface area contributed by atoms with Crippen molar-refractivity contribution in [1.82, 2.24) is 14.7 Å². The third-order valence-electron chi connectivity index (χ3n) is 4.60. The second kappa shape index (κ2) is 7.30. The first-order valence-corrected chi connectivity index (χ1v) is 9.02. The zero-order valence-electron chi connectivity index (χ0n) is 13.4. The molecular weight excluding hydrogens is 354 g/mol. The molecule has 1 aliphatic carbocycles. The van der Waals surface area contributed by atoms with Gasteiger partial charge in [-0.05, 0) is 47.0 Å². The van der Waals surface area contributed by atoms with Crippen LogP contribution in [-0.2, 0) is 0 Å². The van der Waals surface area contributed by atoms with E-state index in [9.17, 15) is 4.79 Å². The molecule has 0 saturated heterocycles. The van der Waals surface area contributed by atoms with Gasteiger partial charge in [0.2, 0.25) is 0 Å². The van der Waals surface area contributed by atoms with E-state index in [0.717, 1.165) is 28.6 Å². The van der Waals surface area contributed by atoms with Crippen LogP contribution in [0.1, 0.15) is 48.9 Å². The molecule has 1 heterocycles. The van der Waals surface area contributed by atoms with Crippen molar-refractivity contribution in [3.8, 4) is 5.69 Å². The molecule has 1 amide bonds. The highest BCUT2D eigenvalue weighted by atomic mass is 79.9. The lowest BCUT2D eigenvalue weighted by atomic mass is 10.1. The molecule has 0 spiro atoms. The Kier molecular flexibility index (Phi) is 5.16. The molecule has 3 rings (SSSR count). The summed E-state index contributed by atoms with van der Waals surface area (Å²) in [6, 6.07) is 8.04. The normalized spacial score (nSPS) is 16.1. The van der Waals surface area contributed by atoms with Crippen LogP contribution in [-0.4, -0.2) is 33.7 Å². The summed E-state index contributed by atoms with van der Waals surface area (Å²) in [5.74, 6) is 0.102. The number of carbonyl (C=O) groups is 1. The third-order valence-corrected chi connectivity index (χ3v) is 5.01. The van der Waals surface area contributed by atoms with Crippen LogP contribution in [0.2, 0.25) is 0 Å². The fourth-order valence-electron chi connectivity index (χ4n) is 3.24. The lowest BCUT2D eigenvalue weighted by Gasteiger charge is -2.27. The van der Waals surface area contributed by atoms with Crippen LogP contribution in [0.5, 0.6) is 0 Å². The van der Waals surface area contributed by atoms with E-state index in [0.29, 0.717) is 6.04 Å². The van der Waals surface area contributed by atoms with Crippen LogP contribution in [0.3, 0.4) is 0 Å². The summed E-state index contributed by atoms with van der Waals surface area (Å²) in [5, 5.41) is 4.28. The molecule has 23 heavy (non-hydrogen) atoms. The van der Waals surface area contributed by atoms with Gasteiger partial charge in [-0.15, -0.1) is 0 Å². The average Bonchev–Trinajstić information content (AvgIpc) is 2.84. The number of hydrogen-bond donors (Lipinski definition) is 0. The van der Waals surface area contributed by atoms with Crippen molar-refractivity contribution >= 4 is 21.8 Å². The molecule has 0 unspecified atom stereocenters. The number of hydrogen-bond acceptors (Lipinski definition) is 2. The lowest BCUT2D eigenvalue weighted by Crippen LogP contribution is -2.36. The Morgan fingerprint density at radius 2 is 2.00 bits per heavy atom. The quantitative estimate of drug-likeness (QED) is 0.744. The molecule has 0 atom stereocenters. The van der Waals surface area contributed by atoms with Gasteiger partial charge in [-0.25, -0.2) is 4.68 Å². The van der Waals surface area contributed by atoms with Crippen molar-refractivity contribution in [3.05, 3.63) is 46.7 Å². The van der Waals surface area contributed by atoms with Crippen molar-refractivity contribution in [1.29, 1.82) is 0 Å². The van der Waals surface area contributed by atoms with Crippen LogP contribution in [0, 0.1) is 0 Å². The van der Waals surface area contributed by atoms with Gasteiger partial charge in [0.15, 0.2) is 0 Å². The smallest absolute Gasteiger partial charge is 0.253 e. The van der Waals surface area contributed by atoms with Gasteiger partial charge in [0.05, 0.1) is 16.4 Å². The molecule has 2 aromatic rings. The zero-order valence-corrected chi connectivity index (χ0v) is 15.0. The van der Waals surface area contributed by atoms with Gasteiger partial charge in [0.25, 0.3) is 5.91 Å². The van der Waals surface area contributed by atoms with Gasteiger partial charge >= 0.3 is 0 Å². The SMILES string of the molecule is CN(C(=O)c1cccc(-n2cc(Br)cn2)c1)C1CCCCCC1. The molecule has 5 heteroatoms. The Morgan fingerprint density at radius 1 is 1.26 bits per heavy atom. The zero-order chi connectivity index (χ0) is 16.2. The molecule has 1 aliphatic rings. The predicted molar refractivity (Wildman–Crippen MR) is 94.8 cm³/mol. The molecule has 0 aliphatic heterocycles. The maximum Gasteiger partial charge on any atom is 0.253 e. The van der Waals surface area contributed by atoms with Crippen LogP contribution >= 0.6 is 15.9 Å². The van der Waals surface area contributed by atoms with Crippen LogP contribution in [0.25, 0.3) is 5.69 Å². The van der Waals surface area contributed by atoms with Crippen molar-refractivity contribution < 1.29 is 4.79 Å². The first-order chi connectivity index (χ1) is 11.1. The molecule has 0 radical (unpaired) electrons. The molecular formula is C18H22BrN3O. The molecule has 0 N–H and O–H groups in total. The highest BCUT2D eigenvalue weighted by molar-refractivity contribution is 9.10. The first-order valence-electron chi connectivity index (χ1n) is 8.23. The van der Waals surface area contributed by atoms with E-state index < -0.39 is 0 Å². The summed E-state index contributed by atoms with van der Waals surface area (Å²) < 4.78 is 2.69. The summed E-state index contributed by atoms with van der Waals surface area (Å²) in [6.45, 7) is 0. The Hall–Kier alpha value is -1.62. The van der Waals surface area contributed by atoms with Crippen molar-refractivity contribution in [3.63, 3.8) is 0 Å². The van der Waals surface area contributed by atoms with E-state index >= 15 is 0 Å². The monoisotopic (exact) mass is 375 g/mol. The molecule has 122 valence electrons. The summed E-state index contributed by atoms with van der Waals surface area (Å²) in [6.07, 6.45) is 10.9. The van der Waals surface area contributed by atoms with Crippen molar-refractivity contribution in [2.45, 2.75) is 44.6 Å². The minimum absolute atomic E-state index is 0.102. The van der Waals surface area contributed by atoms with Crippen molar-refractivity contribution in [2.24, 2.45) is 0 Å². The van der Waals surface area contributed by atoms with E-state index in [4.69, 9.17) is 0 Å². The second-order valence-electron chi connectivity index (χ2n) is 6.21. The number of halogens is 1. The van der Waals surface area contributed by atoms with Gasteiger partial charge < -0.3 is 4.90 Å². The Morgan fingerprint density at radius 3 is 2.65 bits per heavy atom. The lowest BCUT2D eigenvalue weighted by molar-refractivity contribution is 0.0717. The Bertz CT molecular complexity index is 674. The number of rotatable bonds is 3. The minimum atomic E-state index is 0.102. The van der Waals surface area contributed by atoms with Gasteiger partial charge in [0, 0.05) is 24.8 Å². The number of carbonyl (C=O) groups excluding carboxylic acids is 1. The fourth-order valence-corrected chi connectivity index (χ4v) is 3.52. The van der Waals surface area contributed by atoms with E-state index in [1.165, 1.54) is 25.7 Å². The number of benzene rings is 1. The maximum absolute atomic E-state index is 12.8. The minimum Gasteiger partial charge on any atom is -0.339 e. The Labute approximate surface area is 145 Å². The standard InChI is InChI=1S/C18H22BrN3O/c1-21(16-8-4-2-3-5-9-16)18(23)14-7-6-10-17(11-14)22-13-15(19)12-20-22/h6-7,10-13,16H,2-5,8-9H2,1H3. The van der Waals surface area contributed by atoms with E-state index in [2.05, 4.69) is 21.0 Å². The highest BCUT2D eigenvalue weighted by Gasteiger charge is 2.22. The topological polar surface area (TPSA) is 38.1 Å². The predicted octanol–water partition coefficient (Wildman–Crippen LogP) is 4.43. The summed E-state index contributed by atoms with van der Waals surface area (Å²) in [5.41, 5.74) is 1.62. The molecule has 1 aromatic carbocycles. The van der Waals surface area contributed by atoms with E-state index in [1.807, 2.05) is 42.4 Å². The van der Waals surface area contributed by atoms with Gasteiger partial charge in [-0.1, -0.05) is 31.7 Å². The summed E-state index contributed by atoms with van der Waals surface area (Å²) >= 11 is 3.40. The second-order valence-corrected chi connectivity index (χ2v) is 7.13. The average molecular weight is 376 g/mol. The molecule has 1 aromatic heterocycles. The van der Waals surface area contributed by atoms with Crippen molar-refractivity contribution in [2.75, 3.05) is 7.05 Å². The number of aromatic nitrogens is 2. The number of nitrogens with zero attached hydrogens (tertiary/aromatic N) is 3. The summed E-state index contributed by atoms with van der Waals surface area (Å²) in [7, 11) is 1.94. The van der Waals surface area contributed by atoms with Gasteiger partial charge in [0.1, 0.15) is 0 Å². The third kappa shape index (κ3) is 3.83. The van der Waals surface area contributed by atoms with Crippen LogP contribution in [0.15, 0.2) is 41.1 Å². The van der Waals surface area contributed by atoms with E-state index in [1.54, 1.807) is 10.9 Å². The van der Waals surface area contributed by atoms with Crippen LogP contribution < -0.4 is 0 Å². The molecule has 1 saturated carbocycles. The van der Waals surface area contributed by atoms with Gasteiger partial charge in [-0.3, -0.25) is 4.79 Å². The van der Waals surface area contributed by atoms with Gasteiger partial charge in [-0.2, -0.15) is 5.10 Å². The fraction of sp³-hybridized carbons (Fsp3) is 0.444. The molecule has 0 bridgehead atoms. The first kappa shape index (κ1) is 16.2.